The lowest BCUT2D eigenvalue weighted by Gasteiger charge is -2.22. The van der Waals surface area contributed by atoms with Gasteiger partial charge in [0.05, 0.1) is 5.56 Å². The van der Waals surface area contributed by atoms with Crippen molar-refractivity contribution in [1.29, 1.82) is 0 Å². The number of carboxylic acid groups (broad SMARTS) is 1. The van der Waals surface area contributed by atoms with Crippen LogP contribution in [0.3, 0.4) is 0 Å². The van der Waals surface area contributed by atoms with Gasteiger partial charge in [0.25, 0.3) is 0 Å². The number of hydrogen-bond donors (Lipinski definition) is 2. The normalized spacial score (nSPS) is 17.3. The van der Waals surface area contributed by atoms with Gasteiger partial charge in [-0.05, 0) is 43.5 Å². The van der Waals surface area contributed by atoms with Crippen molar-refractivity contribution in [2.45, 2.75) is 31.5 Å². The van der Waals surface area contributed by atoms with Crippen LogP contribution in [-0.4, -0.2) is 22.8 Å². The van der Waals surface area contributed by atoms with Gasteiger partial charge in [-0.2, -0.15) is 13.2 Å². The van der Waals surface area contributed by atoms with Gasteiger partial charge in [0, 0.05) is 5.69 Å². The van der Waals surface area contributed by atoms with Crippen LogP contribution in [0.15, 0.2) is 18.2 Å². The molecule has 0 amide bonds. The van der Waals surface area contributed by atoms with Crippen molar-refractivity contribution < 1.29 is 23.1 Å². The van der Waals surface area contributed by atoms with Gasteiger partial charge in [-0.15, -0.1) is 0 Å². The van der Waals surface area contributed by atoms with Crippen molar-refractivity contribution in [3.05, 3.63) is 29.3 Å². The molecule has 0 unspecified atom stereocenters. The number of aryl methyl sites for hydroxylation is 1. The average molecular weight is 259 g/mol. The third kappa shape index (κ3) is 2.14. The predicted octanol–water partition coefficient (Wildman–Crippen LogP) is 3.20. The summed E-state index contributed by atoms with van der Waals surface area (Å²) < 4.78 is 38.2. The van der Waals surface area contributed by atoms with Crippen LogP contribution in [0.2, 0.25) is 0 Å². The van der Waals surface area contributed by atoms with E-state index in [2.05, 4.69) is 5.32 Å². The minimum Gasteiger partial charge on any atom is -0.478 e. The fourth-order valence-electron chi connectivity index (χ4n) is 1.86. The van der Waals surface area contributed by atoms with E-state index in [4.69, 9.17) is 5.11 Å². The number of carboxylic acids is 1. The van der Waals surface area contributed by atoms with Gasteiger partial charge in [0.1, 0.15) is 5.54 Å². The van der Waals surface area contributed by atoms with E-state index in [9.17, 15) is 18.0 Å². The van der Waals surface area contributed by atoms with E-state index in [-0.39, 0.29) is 18.4 Å². The lowest BCUT2D eigenvalue weighted by atomic mass is 10.1. The number of hydrogen-bond acceptors (Lipinski definition) is 2. The molecule has 1 aromatic rings. The highest BCUT2D eigenvalue weighted by Gasteiger charge is 2.63. The van der Waals surface area contributed by atoms with Crippen LogP contribution in [0.4, 0.5) is 18.9 Å². The highest BCUT2D eigenvalue weighted by atomic mass is 19.4. The SMILES string of the molecule is Cc1cc(NC2(C(F)(F)F)CC2)ccc1C(=O)O. The number of rotatable bonds is 3. The molecule has 0 heterocycles. The second kappa shape index (κ2) is 3.90. The van der Waals surface area contributed by atoms with Crippen LogP contribution in [0.25, 0.3) is 0 Å². The van der Waals surface area contributed by atoms with E-state index in [1.54, 1.807) is 6.92 Å². The molecular formula is C12H12F3NO2. The Bertz CT molecular complexity index is 493. The van der Waals surface area contributed by atoms with Crippen LogP contribution >= 0.6 is 0 Å². The molecule has 1 aromatic carbocycles. The molecule has 0 bridgehead atoms. The summed E-state index contributed by atoms with van der Waals surface area (Å²) in [6.07, 6.45) is -4.18. The van der Waals surface area contributed by atoms with Crippen molar-refractivity contribution >= 4 is 11.7 Å². The molecule has 2 rings (SSSR count). The summed E-state index contributed by atoms with van der Waals surface area (Å²) in [5, 5.41) is 11.3. The summed E-state index contributed by atoms with van der Waals surface area (Å²) >= 11 is 0. The Labute approximate surface area is 102 Å². The molecule has 18 heavy (non-hydrogen) atoms. The smallest absolute Gasteiger partial charge is 0.411 e. The molecule has 0 spiro atoms. The van der Waals surface area contributed by atoms with Gasteiger partial charge in [0.2, 0.25) is 0 Å². The molecule has 0 aromatic heterocycles. The molecule has 1 saturated carbocycles. The number of anilines is 1. The number of benzene rings is 1. The fraction of sp³-hybridized carbons (Fsp3) is 0.417. The maximum atomic E-state index is 12.7. The van der Waals surface area contributed by atoms with Crippen LogP contribution in [0.5, 0.6) is 0 Å². The van der Waals surface area contributed by atoms with Crippen LogP contribution in [0, 0.1) is 6.92 Å². The van der Waals surface area contributed by atoms with E-state index in [1.165, 1.54) is 18.2 Å². The largest absolute Gasteiger partial charge is 0.478 e. The molecule has 1 aliphatic rings. The summed E-state index contributed by atoms with van der Waals surface area (Å²) in [4.78, 5) is 10.8. The maximum absolute atomic E-state index is 12.7. The molecule has 6 heteroatoms. The topological polar surface area (TPSA) is 49.3 Å². The van der Waals surface area contributed by atoms with Gasteiger partial charge in [-0.25, -0.2) is 4.79 Å². The van der Waals surface area contributed by atoms with Gasteiger partial charge in [0.15, 0.2) is 0 Å². The number of alkyl halides is 3. The molecule has 0 radical (unpaired) electrons. The zero-order valence-corrected chi connectivity index (χ0v) is 9.64. The van der Waals surface area contributed by atoms with Crippen molar-refractivity contribution in [3.8, 4) is 0 Å². The molecule has 0 atom stereocenters. The first-order valence-electron chi connectivity index (χ1n) is 5.44. The second-order valence-corrected chi connectivity index (χ2v) is 4.54. The maximum Gasteiger partial charge on any atom is 0.411 e. The van der Waals surface area contributed by atoms with E-state index in [1.807, 2.05) is 0 Å². The van der Waals surface area contributed by atoms with Crippen LogP contribution in [-0.2, 0) is 0 Å². The highest BCUT2D eigenvalue weighted by molar-refractivity contribution is 5.89. The highest BCUT2D eigenvalue weighted by Crippen LogP contribution is 2.51. The lowest BCUT2D eigenvalue weighted by Crippen LogP contribution is -2.38. The summed E-state index contributed by atoms with van der Waals surface area (Å²) in [6, 6.07) is 4.10. The molecule has 1 aliphatic carbocycles. The first-order chi connectivity index (χ1) is 8.25. The Hall–Kier alpha value is -1.72. The molecule has 0 aliphatic heterocycles. The van der Waals surface area contributed by atoms with Gasteiger partial charge in [-0.1, -0.05) is 0 Å². The Kier molecular flexibility index (Phi) is 2.76. The lowest BCUT2D eigenvalue weighted by molar-refractivity contribution is -0.151. The zero-order chi connectivity index (χ0) is 13.6. The zero-order valence-electron chi connectivity index (χ0n) is 9.64. The molecule has 3 nitrogen and oxygen atoms in total. The van der Waals surface area contributed by atoms with Crippen LogP contribution in [0.1, 0.15) is 28.8 Å². The summed E-state index contributed by atoms with van der Waals surface area (Å²) in [7, 11) is 0. The third-order valence-electron chi connectivity index (χ3n) is 3.13. The van der Waals surface area contributed by atoms with E-state index >= 15 is 0 Å². The van der Waals surface area contributed by atoms with Crippen molar-refractivity contribution in [2.24, 2.45) is 0 Å². The molecular weight excluding hydrogens is 247 g/mol. The van der Waals surface area contributed by atoms with E-state index < -0.39 is 17.7 Å². The van der Waals surface area contributed by atoms with Gasteiger partial charge >= 0.3 is 12.1 Å². The first kappa shape index (κ1) is 12.7. The van der Waals surface area contributed by atoms with Gasteiger partial charge < -0.3 is 10.4 Å². The monoisotopic (exact) mass is 259 g/mol. The molecule has 2 N–H and O–H groups in total. The molecule has 0 saturated heterocycles. The van der Waals surface area contributed by atoms with Crippen LogP contribution < -0.4 is 5.32 Å². The van der Waals surface area contributed by atoms with Crippen molar-refractivity contribution in [1.82, 2.24) is 0 Å². The fourth-order valence-corrected chi connectivity index (χ4v) is 1.86. The Balaban J connectivity index is 2.22. The van der Waals surface area contributed by atoms with Gasteiger partial charge in [-0.3, -0.25) is 0 Å². The minimum atomic E-state index is -4.29. The number of carbonyl (C=O) groups is 1. The standard InChI is InChI=1S/C12H12F3NO2/c1-7-6-8(2-3-9(7)10(17)18)16-11(4-5-11)12(13,14)15/h2-3,6,16H,4-5H2,1H3,(H,17,18). The summed E-state index contributed by atoms with van der Waals surface area (Å²) in [5.74, 6) is -1.09. The number of aromatic carboxylic acids is 1. The Morgan fingerprint density at radius 2 is 2.00 bits per heavy atom. The van der Waals surface area contributed by atoms with Crippen molar-refractivity contribution in [2.75, 3.05) is 5.32 Å². The second-order valence-electron chi connectivity index (χ2n) is 4.54. The third-order valence-corrected chi connectivity index (χ3v) is 3.13. The molecule has 98 valence electrons. The predicted molar refractivity (Wildman–Crippen MR) is 59.8 cm³/mol. The molecule has 1 fully saturated rings. The average Bonchev–Trinajstić information content (AvgIpc) is 2.97. The first-order valence-corrected chi connectivity index (χ1v) is 5.44. The quantitative estimate of drug-likeness (QED) is 0.876. The number of nitrogens with one attached hydrogen (secondary N) is 1. The summed E-state index contributed by atoms with van der Waals surface area (Å²) in [6.45, 7) is 1.56. The van der Waals surface area contributed by atoms with E-state index in [0.29, 0.717) is 11.3 Å². The minimum absolute atomic E-state index is 0.0518. The Morgan fingerprint density at radius 1 is 1.39 bits per heavy atom. The number of halogens is 3. The summed E-state index contributed by atoms with van der Waals surface area (Å²) in [5.41, 5.74) is -1.00. The van der Waals surface area contributed by atoms with Crippen molar-refractivity contribution in [3.63, 3.8) is 0 Å². The Morgan fingerprint density at radius 3 is 2.39 bits per heavy atom. The van der Waals surface area contributed by atoms with E-state index in [0.717, 1.165) is 0 Å².